The summed E-state index contributed by atoms with van der Waals surface area (Å²) in [5.41, 5.74) is 3.14. The lowest BCUT2D eigenvalue weighted by atomic mass is 9.89. The second kappa shape index (κ2) is 8.18. The number of carbonyl (C=O) groups is 1. The van der Waals surface area contributed by atoms with E-state index >= 15 is 0 Å². The number of nitrogens with zero attached hydrogens (tertiary/aromatic N) is 2. The molecule has 2 heterocycles. The number of anilines is 1. The molecule has 32 heavy (non-hydrogen) atoms. The molecule has 1 amide bonds. The monoisotopic (exact) mass is 434 g/mol. The number of piperidine rings is 1. The summed E-state index contributed by atoms with van der Waals surface area (Å²) in [6.07, 6.45) is 5.80. The Morgan fingerprint density at radius 1 is 1.16 bits per heavy atom. The highest BCUT2D eigenvalue weighted by Gasteiger charge is 2.29. The van der Waals surface area contributed by atoms with Crippen LogP contribution >= 0.6 is 0 Å². The molecule has 0 atom stereocenters. The molecule has 166 valence electrons. The number of nitro groups is 1. The van der Waals surface area contributed by atoms with E-state index in [1.165, 1.54) is 11.6 Å². The van der Waals surface area contributed by atoms with Gasteiger partial charge in [-0.2, -0.15) is 0 Å². The van der Waals surface area contributed by atoms with Crippen LogP contribution in [0.2, 0.25) is 0 Å². The number of methoxy groups -OCH3 is 1. The fraction of sp³-hybridized carbons (Fsp3) is 0.375. The van der Waals surface area contributed by atoms with Crippen LogP contribution in [-0.4, -0.2) is 47.0 Å². The molecule has 1 saturated carbocycles. The van der Waals surface area contributed by atoms with E-state index in [1.807, 2.05) is 12.1 Å². The summed E-state index contributed by atoms with van der Waals surface area (Å²) in [5.74, 6) is 1.02. The largest absolute Gasteiger partial charge is 0.497 e. The van der Waals surface area contributed by atoms with Crippen molar-refractivity contribution in [1.29, 1.82) is 0 Å². The van der Waals surface area contributed by atoms with Gasteiger partial charge in [0.05, 0.1) is 12.0 Å². The van der Waals surface area contributed by atoms with E-state index in [-0.39, 0.29) is 11.6 Å². The van der Waals surface area contributed by atoms with Crippen molar-refractivity contribution >= 4 is 28.2 Å². The highest BCUT2D eigenvalue weighted by atomic mass is 16.6. The van der Waals surface area contributed by atoms with Gasteiger partial charge in [-0.15, -0.1) is 0 Å². The second-order valence-corrected chi connectivity index (χ2v) is 8.63. The van der Waals surface area contributed by atoms with Gasteiger partial charge in [-0.3, -0.25) is 14.9 Å². The number of hydrogen-bond donors (Lipinski definition) is 2. The molecule has 5 rings (SSSR count). The number of hydrogen-bond acceptors (Lipinski definition) is 5. The smallest absolute Gasteiger partial charge is 0.293 e. The SMILES string of the molecule is COc1ccc2[nH]cc(C3CCN(C(=O)c4ccc(NC5CC5)c([N+](=O)[O-])c4)CC3)c2c1. The van der Waals surface area contributed by atoms with Gasteiger partial charge < -0.3 is 19.9 Å². The average Bonchev–Trinajstić information content (AvgIpc) is 3.54. The Balaban J connectivity index is 1.29. The molecule has 1 aliphatic carbocycles. The molecule has 1 aliphatic heterocycles. The summed E-state index contributed by atoms with van der Waals surface area (Å²) >= 11 is 0. The molecule has 3 aromatic rings. The van der Waals surface area contributed by atoms with E-state index in [0.717, 1.165) is 42.3 Å². The van der Waals surface area contributed by atoms with Crippen molar-refractivity contribution in [2.75, 3.05) is 25.5 Å². The second-order valence-electron chi connectivity index (χ2n) is 8.63. The van der Waals surface area contributed by atoms with Gasteiger partial charge in [0.1, 0.15) is 11.4 Å². The van der Waals surface area contributed by atoms with Gasteiger partial charge in [0.2, 0.25) is 0 Å². The highest BCUT2D eigenvalue weighted by Crippen LogP contribution is 2.36. The minimum absolute atomic E-state index is 0.0367. The first kappa shape index (κ1) is 20.4. The molecular formula is C24H26N4O4. The van der Waals surface area contributed by atoms with Crippen LogP contribution in [0.5, 0.6) is 5.75 Å². The summed E-state index contributed by atoms with van der Waals surface area (Å²) < 4.78 is 5.37. The molecule has 0 bridgehead atoms. The number of rotatable bonds is 6. The minimum Gasteiger partial charge on any atom is -0.497 e. The fourth-order valence-electron chi connectivity index (χ4n) is 4.55. The van der Waals surface area contributed by atoms with Gasteiger partial charge >= 0.3 is 0 Å². The van der Waals surface area contributed by atoms with Gasteiger partial charge in [0.25, 0.3) is 11.6 Å². The maximum absolute atomic E-state index is 13.1. The lowest BCUT2D eigenvalue weighted by molar-refractivity contribution is -0.384. The molecular weight excluding hydrogens is 408 g/mol. The van der Waals surface area contributed by atoms with Crippen molar-refractivity contribution in [3.05, 3.63) is 63.8 Å². The van der Waals surface area contributed by atoms with E-state index in [0.29, 0.717) is 36.3 Å². The number of amides is 1. The number of likely N-dealkylation sites (tertiary alicyclic amines) is 1. The van der Waals surface area contributed by atoms with Gasteiger partial charge in [0.15, 0.2) is 0 Å². The number of carbonyl (C=O) groups excluding carboxylic acids is 1. The third-order valence-electron chi connectivity index (χ3n) is 6.52. The van der Waals surface area contributed by atoms with E-state index in [9.17, 15) is 14.9 Å². The summed E-state index contributed by atoms with van der Waals surface area (Å²) in [6, 6.07) is 11.1. The molecule has 0 spiro atoms. The van der Waals surface area contributed by atoms with Crippen LogP contribution in [0.15, 0.2) is 42.6 Å². The minimum atomic E-state index is -0.418. The molecule has 0 unspecified atom stereocenters. The summed E-state index contributed by atoms with van der Waals surface area (Å²) in [5, 5.41) is 15.9. The van der Waals surface area contributed by atoms with Crippen LogP contribution < -0.4 is 10.1 Å². The summed E-state index contributed by atoms with van der Waals surface area (Å²) in [6.45, 7) is 1.24. The zero-order chi connectivity index (χ0) is 22.2. The third kappa shape index (κ3) is 3.88. The van der Waals surface area contributed by atoms with Crippen molar-refractivity contribution in [2.24, 2.45) is 0 Å². The van der Waals surface area contributed by atoms with E-state index in [2.05, 4.69) is 22.6 Å². The molecule has 2 aliphatic rings. The lowest BCUT2D eigenvalue weighted by Gasteiger charge is -2.32. The highest BCUT2D eigenvalue weighted by molar-refractivity contribution is 5.96. The molecule has 0 radical (unpaired) electrons. The first-order valence-electron chi connectivity index (χ1n) is 11.0. The lowest BCUT2D eigenvalue weighted by Crippen LogP contribution is -2.37. The van der Waals surface area contributed by atoms with Crippen molar-refractivity contribution in [1.82, 2.24) is 9.88 Å². The fourth-order valence-corrected chi connectivity index (χ4v) is 4.55. The molecule has 8 nitrogen and oxygen atoms in total. The van der Waals surface area contributed by atoms with Crippen LogP contribution in [0.3, 0.4) is 0 Å². The number of nitro benzene ring substituents is 1. The number of ether oxygens (including phenoxy) is 1. The van der Waals surface area contributed by atoms with Crippen LogP contribution in [0.4, 0.5) is 11.4 Å². The van der Waals surface area contributed by atoms with Gasteiger partial charge in [0, 0.05) is 47.9 Å². The zero-order valence-electron chi connectivity index (χ0n) is 18.0. The number of H-pyrrole nitrogens is 1. The first-order chi connectivity index (χ1) is 15.5. The maximum atomic E-state index is 13.1. The number of fused-ring (bicyclic) bond motifs is 1. The Kier molecular flexibility index (Phi) is 5.20. The quantitative estimate of drug-likeness (QED) is 0.433. The molecule has 2 N–H and O–H groups in total. The number of aromatic amines is 1. The van der Waals surface area contributed by atoms with Crippen molar-refractivity contribution in [2.45, 2.75) is 37.6 Å². The van der Waals surface area contributed by atoms with E-state index in [4.69, 9.17) is 4.74 Å². The Hall–Kier alpha value is -3.55. The topological polar surface area (TPSA) is 100 Å². The number of aromatic nitrogens is 1. The Morgan fingerprint density at radius 3 is 2.62 bits per heavy atom. The average molecular weight is 434 g/mol. The normalized spacial score (nSPS) is 16.8. The molecule has 1 aromatic heterocycles. The summed E-state index contributed by atoms with van der Waals surface area (Å²) in [7, 11) is 1.66. The number of nitrogens with one attached hydrogen (secondary N) is 2. The Bertz CT molecular complexity index is 1180. The Morgan fingerprint density at radius 2 is 1.94 bits per heavy atom. The van der Waals surface area contributed by atoms with E-state index < -0.39 is 4.92 Å². The van der Waals surface area contributed by atoms with Crippen molar-refractivity contribution in [3.63, 3.8) is 0 Å². The third-order valence-corrected chi connectivity index (χ3v) is 6.52. The molecule has 2 aromatic carbocycles. The van der Waals surface area contributed by atoms with Gasteiger partial charge in [-0.25, -0.2) is 0 Å². The molecule has 2 fully saturated rings. The zero-order valence-corrected chi connectivity index (χ0v) is 18.0. The van der Waals surface area contributed by atoms with Crippen LogP contribution in [0, 0.1) is 10.1 Å². The van der Waals surface area contributed by atoms with Crippen LogP contribution in [0.1, 0.15) is 47.5 Å². The maximum Gasteiger partial charge on any atom is 0.293 e. The predicted octanol–water partition coefficient (Wildman–Crippen LogP) is 4.68. The molecule has 8 heteroatoms. The molecule has 1 saturated heterocycles. The van der Waals surface area contributed by atoms with Crippen LogP contribution in [0.25, 0.3) is 10.9 Å². The summed E-state index contributed by atoms with van der Waals surface area (Å²) in [4.78, 5) is 29.3. The first-order valence-corrected chi connectivity index (χ1v) is 11.0. The van der Waals surface area contributed by atoms with Crippen molar-refractivity contribution in [3.8, 4) is 5.75 Å². The van der Waals surface area contributed by atoms with Crippen LogP contribution in [-0.2, 0) is 0 Å². The van der Waals surface area contributed by atoms with Gasteiger partial charge in [-0.1, -0.05) is 0 Å². The number of benzene rings is 2. The van der Waals surface area contributed by atoms with E-state index in [1.54, 1.807) is 24.1 Å². The standard InChI is InChI=1S/C24H26N4O4/c1-32-18-5-7-21-19(13-18)20(14-25-21)15-8-10-27(11-9-15)24(29)16-2-6-22(26-17-3-4-17)23(12-16)28(30)31/h2,5-7,12-15,17,25-26H,3-4,8-11H2,1H3. The van der Waals surface area contributed by atoms with Gasteiger partial charge in [-0.05, 0) is 67.5 Å². The van der Waals surface area contributed by atoms with Crippen molar-refractivity contribution < 1.29 is 14.5 Å². The Labute approximate surface area is 185 Å². The predicted molar refractivity (Wildman–Crippen MR) is 122 cm³/mol.